The monoisotopic (exact) mass is 391 g/mol. The van der Waals surface area contributed by atoms with Gasteiger partial charge in [-0.15, -0.1) is 0 Å². The van der Waals surface area contributed by atoms with Crippen molar-refractivity contribution in [3.05, 3.63) is 46.7 Å². The molecular formula is C22H25N5O2. The number of furan rings is 1. The van der Waals surface area contributed by atoms with Gasteiger partial charge in [0, 0.05) is 18.8 Å². The average Bonchev–Trinajstić information content (AvgIpc) is 3.33. The summed E-state index contributed by atoms with van der Waals surface area (Å²) in [6.07, 6.45) is 5.64. The van der Waals surface area contributed by atoms with Gasteiger partial charge in [0.2, 0.25) is 5.88 Å². The highest BCUT2D eigenvalue weighted by molar-refractivity contribution is 6.19. The van der Waals surface area contributed by atoms with Gasteiger partial charge in [-0.05, 0) is 50.6 Å². The van der Waals surface area contributed by atoms with Crippen molar-refractivity contribution in [2.45, 2.75) is 32.7 Å². The van der Waals surface area contributed by atoms with Gasteiger partial charge in [0.15, 0.2) is 0 Å². The molecule has 3 aliphatic rings. The van der Waals surface area contributed by atoms with Crippen LogP contribution in [-0.2, 0) is 6.54 Å². The first-order chi connectivity index (χ1) is 14.2. The molecule has 1 fully saturated rings. The molecule has 0 radical (unpaired) electrons. The Hall–Kier alpha value is -2.93. The van der Waals surface area contributed by atoms with E-state index in [2.05, 4.69) is 32.3 Å². The number of carbonyl (C=O) groups is 1. The lowest BCUT2D eigenvalue weighted by Gasteiger charge is -2.26. The number of amides is 1. The van der Waals surface area contributed by atoms with Crippen LogP contribution in [0, 0.1) is 6.92 Å². The van der Waals surface area contributed by atoms with Crippen LogP contribution in [0.2, 0.25) is 0 Å². The van der Waals surface area contributed by atoms with Crippen molar-refractivity contribution < 1.29 is 9.21 Å². The Morgan fingerprint density at radius 1 is 1.14 bits per heavy atom. The van der Waals surface area contributed by atoms with Gasteiger partial charge in [0.25, 0.3) is 5.91 Å². The van der Waals surface area contributed by atoms with Crippen LogP contribution in [0.5, 0.6) is 0 Å². The largest absolute Gasteiger partial charge is 0.442 e. The fourth-order valence-electron chi connectivity index (χ4n) is 4.28. The van der Waals surface area contributed by atoms with Crippen molar-refractivity contribution in [1.29, 1.82) is 0 Å². The summed E-state index contributed by atoms with van der Waals surface area (Å²) in [7, 11) is 0. The predicted octanol–water partition coefficient (Wildman–Crippen LogP) is 3.56. The molecule has 2 aromatic rings. The summed E-state index contributed by atoms with van der Waals surface area (Å²) in [5.41, 5.74) is 3.25. The quantitative estimate of drug-likeness (QED) is 0.865. The third kappa shape index (κ3) is 3.46. The number of hydrogen-bond acceptors (Lipinski definition) is 6. The van der Waals surface area contributed by atoms with E-state index in [4.69, 9.17) is 4.42 Å². The molecule has 7 nitrogen and oxygen atoms in total. The Morgan fingerprint density at radius 3 is 2.72 bits per heavy atom. The summed E-state index contributed by atoms with van der Waals surface area (Å²) in [6.45, 7) is 6.59. The Bertz CT molecular complexity index is 983. The van der Waals surface area contributed by atoms with E-state index in [-0.39, 0.29) is 5.91 Å². The van der Waals surface area contributed by atoms with Gasteiger partial charge in [-0.1, -0.05) is 18.6 Å². The number of rotatable bonds is 4. The number of nitrogens with one attached hydrogen (secondary N) is 1. The molecule has 29 heavy (non-hydrogen) atoms. The second-order valence-corrected chi connectivity index (χ2v) is 7.84. The molecule has 4 heterocycles. The molecule has 3 aliphatic heterocycles. The summed E-state index contributed by atoms with van der Waals surface area (Å²) < 4.78 is 5.74. The van der Waals surface area contributed by atoms with Gasteiger partial charge in [-0.3, -0.25) is 14.7 Å². The third-order valence-electron chi connectivity index (χ3n) is 5.77. The van der Waals surface area contributed by atoms with E-state index in [9.17, 15) is 4.79 Å². The number of benzene rings is 1. The molecule has 0 spiro atoms. The topological polar surface area (TPSA) is 73.4 Å². The zero-order valence-corrected chi connectivity index (χ0v) is 16.6. The van der Waals surface area contributed by atoms with Crippen LogP contribution < -0.4 is 5.32 Å². The van der Waals surface area contributed by atoms with Gasteiger partial charge in [0.05, 0.1) is 17.7 Å². The van der Waals surface area contributed by atoms with E-state index in [0.29, 0.717) is 29.3 Å². The summed E-state index contributed by atoms with van der Waals surface area (Å²) >= 11 is 0. The number of aliphatic imine (C=N–C) groups is 2. The molecule has 7 heteroatoms. The van der Waals surface area contributed by atoms with Crippen LogP contribution in [0.3, 0.4) is 0 Å². The summed E-state index contributed by atoms with van der Waals surface area (Å²) in [4.78, 5) is 26.4. The van der Waals surface area contributed by atoms with Crippen LogP contribution >= 0.6 is 0 Å². The number of fused-ring (bicyclic) bond motifs is 3. The van der Waals surface area contributed by atoms with Crippen LogP contribution in [0.1, 0.15) is 46.5 Å². The maximum absolute atomic E-state index is 13.1. The van der Waals surface area contributed by atoms with Crippen LogP contribution in [0.4, 0.5) is 11.6 Å². The maximum atomic E-state index is 13.1. The molecule has 1 aromatic carbocycles. The normalized spacial score (nSPS) is 18.4. The fourth-order valence-corrected chi connectivity index (χ4v) is 4.28. The van der Waals surface area contributed by atoms with Gasteiger partial charge < -0.3 is 14.6 Å². The lowest BCUT2D eigenvalue weighted by atomic mass is 10.1. The van der Waals surface area contributed by atoms with Crippen molar-refractivity contribution in [3.8, 4) is 0 Å². The third-order valence-corrected chi connectivity index (χ3v) is 5.77. The maximum Gasteiger partial charge on any atom is 0.260 e. The van der Waals surface area contributed by atoms with Crippen molar-refractivity contribution in [3.63, 3.8) is 0 Å². The molecule has 5 rings (SSSR count). The number of nitrogens with zero attached hydrogens (tertiary/aromatic N) is 4. The summed E-state index contributed by atoms with van der Waals surface area (Å²) in [5.74, 6) is 1.60. The standard InChI is InChI=1S/C22H25N5O2/c1-15-18(19-20-23-9-12-27(20)14-24-22(19)29-15)21(28)25-17-7-5-16(6-8-17)13-26-10-3-2-4-11-26/h5-8,14H,2-4,9-13H2,1H3,(H,25,28). The number of likely N-dealkylation sites (tertiary alicyclic amines) is 1. The number of anilines is 1. The van der Waals surface area contributed by atoms with E-state index >= 15 is 0 Å². The highest BCUT2D eigenvalue weighted by atomic mass is 16.4. The molecule has 0 aliphatic carbocycles. The molecule has 1 aromatic heterocycles. The minimum absolute atomic E-state index is 0.192. The lowest BCUT2D eigenvalue weighted by Crippen LogP contribution is -2.30. The van der Waals surface area contributed by atoms with E-state index < -0.39 is 0 Å². The highest BCUT2D eigenvalue weighted by Crippen LogP contribution is 2.34. The summed E-state index contributed by atoms with van der Waals surface area (Å²) in [5, 5.41) is 3.01. The number of carbonyl (C=O) groups excluding carboxylic acids is 1. The number of piperidine rings is 1. The Morgan fingerprint density at radius 2 is 1.93 bits per heavy atom. The second-order valence-electron chi connectivity index (χ2n) is 7.84. The molecular weight excluding hydrogens is 366 g/mol. The van der Waals surface area contributed by atoms with Crippen LogP contribution in [0.25, 0.3) is 0 Å². The predicted molar refractivity (Wildman–Crippen MR) is 113 cm³/mol. The minimum Gasteiger partial charge on any atom is -0.442 e. The van der Waals surface area contributed by atoms with Crippen molar-refractivity contribution in [2.24, 2.45) is 9.98 Å². The molecule has 1 saturated heterocycles. The molecule has 0 saturated carbocycles. The molecule has 150 valence electrons. The Labute approximate surface area is 170 Å². The van der Waals surface area contributed by atoms with Crippen LogP contribution in [0.15, 0.2) is 38.7 Å². The van der Waals surface area contributed by atoms with E-state index in [1.165, 1.54) is 37.9 Å². The second kappa shape index (κ2) is 7.48. The average molecular weight is 391 g/mol. The van der Waals surface area contributed by atoms with E-state index in [0.717, 1.165) is 24.6 Å². The molecule has 0 atom stereocenters. The molecule has 1 amide bonds. The lowest BCUT2D eigenvalue weighted by molar-refractivity contribution is 0.102. The number of hydrogen-bond donors (Lipinski definition) is 1. The van der Waals surface area contributed by atoms with Crippen LogP contribution in [-0.4, -0.2) is 54.1 Å². The highest BCUT2D eigenvalue weighted by Gasteiger charge is 2.33. The zero-order chi connectivity index (χ0) is 19.8. The molecule has 0 unspecified atom stereocenters. The number of amidine groups is 1. The zero-order valence-electron chi connectivity index (χ0n) is 16.6. The van der Waals surface area contributed by atoms with E-state index in [1.807, 2.05) is 17.0 Å². The Balaban J connectivity index is 1.32. The minimum atomic E-state index is -0.192. The van der Waals surface area contributed by atoms with Gasteiger partial charge in [0.1, 0.15) is 17.9 Å². The van der Waals surface area contributed by atoms with Crippen molar-refractivity contribution in [1.82, 2.24) is 9.80 Å². The smallest absolute Gasteiger partial charge is 0.260 e. The fraction of sp³-hybridized carbons (Fsp3) is 0.409. The molecule has 1 N–H and O–H groups in total. The van der Waals surface area contributed by atoms with Crippen molar-refractivity contribution >= 4 is 29.7 Å². The first kappa shape index (κ1) is 18.1. The Kier molecular flexibility index (Phi) is 4.67. The molecule has 0 bridgehead atoms. The first-order valence-corrected chi connectivity index (χ1v) is 10.3. The first-order valence-electron chi connectivity index (χ1n) is 10.3. The van der Waals surface area contributed by atoms with Gasteiger partial charge in [-0.2, -0.15) is 0 Å². The van der Waals surface area contributed by atoms with Gasteiger partial charge >= 0.3 is 0 Å². The summed E-state index contributed by atoms with van der Waals surface area (Å²) in [6, 6.07) is 8.12. The van der Waals surface area contributed by atoms with Gasteiger partial charge in [-0.25, -0.2) is 4.99 Å². The van der Waals surface area contributed by atoms with E-state index in [1.54, 1.807) is 13.3 Å². The SMILES string of the molecule is Cc1oc2c(c1C(=O)Nc1ccc(CN3CCCCC3)cc1)C1=NCCN1C=N2. The number of aryl methyl sites for hydroxylation is 1. The van der Waals surface area contributed by atoms with Crippen molar-refractivity contribution in [2.75, 3.05) is 31.5 Å².